The fourth-order valence-electron chi connectivity index (χ4n) is 2.04. The third-order valence-electron chi connectivity index (χ3n) is 3.08. The highest BCUT2D eigenvalue weighted by Crippen LogP contribution is 2.10. The van der Waals surface area contributed by atoms with E-state index in [9.17, 15) is 4.79 Å². The van der Waals surface area contributed by atoms with Crippen LogP contribution in [0.25, 0.3) is 0 Å². The van der Waals surface area contributed by atoms with Crippen molar-refractivity contribution in [3.63, 3.8) is 0 Å². The third-order valence-corrected chi connectivity index (χ3v) is 3.08. The zero-order valence-corrected chi connectivity index (χ0v) is 12.6. The summed E-state index contributed by atoms with van der Waals surface area (Å²) in [7, 11) is 3.45. The molecule has 2 aromatic rings. The summed E-state index contributed by atoms with van der Waals surface area (Å²) in [6, 6.07) is 7.83. The largest absolute Gasteiger partial charge is 0.367 e. The van der Waals surface area contributed by atoms with Crippen molar-refractivity contribution in [2.24, 2.45) is 0 Å². The van der Waals surface area contributed by atoms with E-state index in [4.69, 9.17) is 0 Å². The normalized spacial score (nSPS) is 11.8. The molecule has 0 radical (unpaired) electrons. The van der Waals surface area contributed by atoms with E-state index in [1.165, 1.54) is 10.5 Å². The van der Waals surface area contributed by atoms with Gasteiger partial charge < -0.3 is 10.2 Å². The molecule has 0 saturated carbocycles. The SMILES string of the molecule is CC(Cc1cccnc1)Nc1ccc(C(=O)N(C)C)cn1. The first-order chi connectivity index (χ1) is 10.1. The van der Waals surface area contributed by atoms with E-state index in [1.807, 2.05) is 18.3 Å². The molecule has 1 amide bonds. The van der Waals surface area contributed by atoms with E-state index in [0.717, 1.165) is 12.2 Å². The lowest BCUT2D eigenvalue weighted by molar-refractivity contribution is 0.0827. The molecule has 0 saturated heterocycles. The Morgan fingerprint density at radius 3 is 2.67 bits per heavy atom. The number of anilines is 1. The van der Waals surface area contributed by atoms with Crippen LogP contribution in [-0.2, 0) is 6.42 Å². The Balaban J connectivity index is 1.95. The summed E-state index contributed by atoms with van der Waals surface area (Å²) in [5.41, 5.74) is 1.77. The molecular weight excluding hydrogens is 264 g/mol. The Labute approximate surface area is 125 Å². The van der Waals surface area contributed by atoms with Gasteiger partial charge in [-0.25, -0.2) is 4.98 Å². The van der Waals surface area contributed by atoms with E-state index in [2.05, 4.69) is 28.3 Å². The molecule has 21 heavy (non-hydrogen) atoms. The Hall–Kier alpha value is -2.43. The molecule has 1 unspecified atom stereocenters. The van der Waals surface area contributed by atoms with E-state index in [-0.39, 0.29) is 11.9 Å². The number of nitrogens with one attached hydrogen (secondary N) is 1. The van der Waals surface area contributed by atoms with Crippen LogP contribution in [0.2, 0.25) is 0 Å². The number of carbonyl (C=O) groups is 1. The molecule has 0 fully saturated rings. The van der Waals surface area contributed by atoms with Gasteiger partial charge in [-0.15, -0.1) is 0 Å². The van der Waals surface area contributed by atoms with E-state index >= 15 is 0 Å². The lowest BCUT2D eigenvalue weighted by Gasteiger charge is -2.15. The van der Waals surface area contributed by atoms with Crippen molar-refractivity contribution in [2.45, 2.75) is 19.4 Å². The second-order valence-electron chi connectivity index (χ2n) is 5.24. The molecule has 2 heterocycles. The van der Waals surface area contributed by atoms with Gasteiger partial charge in [-0.1, -0.05) is 6.07 Å². The number of nitrogens with zero attached hydrogens (tertiary/aromatic N) is 3. The summed E-state index contributed by atoms with van der Waals surface area (Å²) in [6.07, 6.45) is 6.10. The smallest absolute Gasteiger partial charge is 0.254 e. The summed E-state index contributed by atoms with van der Waals surface area (Å²) in [6.45, 7) is 2.09. The molecule has 0 aliphatic rings. The standard InChI is InChI=1S/C16H20N4O/c1-12(9-13-5-4-8-17-10-13)19-15-7-6-14(11-18-15)16(21)20(2)3/h4-8,10-12H,9H2,1-3H3,(H,18,19). The van der Waals surface area contributed by atoms with Gasteiger partial charge in [0, 0.05) is 38.7 Å². The van der Waals surface area contributed by atoms with Crippen molar-refractivity contribution in [1.82, 2.24) is 14.9 Å². The van der Waals surface area contributed by atoms with Crippen LogP contribution in [0.3, 0.4) is 0 Å². The average molecular weight is 284 g/mol. The monoisotopic (exact) mass is 284 g/mol. The van der Waals surface area contributed by atoms with Gasteiger partial charge in [-0.2, -0.15) is 0 Å². The van der Waals surface area contributed by atoms with Crippen LogP contribution >= 0.6 is 0 Å². The van der Waals surface area contributed by atoms with E-state index in [1.54, 1.807) is 32.6 Å². The van der Waals surface area contributed by atoms with Crippen molar-refractivity contribution >= 4 is 11.7 Å². The number of rotatable bonds is 5. The van der Waals surface area contributed by atoms with Gasteiger partial charge in [-0.05, 0) is 37.1 Å². The van der Waals surface area contributed by atoms with Crippen molar-refractivity contribution in [3.05, 3.63) is 54.0 Å². The number of amides is 1. The van der Waals surface area contributed by atoms with Gasteiger partial charge >= 0.3 is 0 Å². The molecule has 0 bridgehead atoms. The van der Waals surface area contributed by atoms with E-state index in [0.29, 0.717) is 5.56 Å². The van der Waals surface area contributed by atoms with Gasteiger partial charge in [0.15, 0.2) is 0 Å². The van der Waals surface area contributed by atoms with E-state index < -0.39 is 0 Å². The van der Waals surface area contributed by atoms with Crippen molar-refractivity contribution in [2.75, 3.05) is 19.4 Å². The highest BCUT2D eigenvalue weighted by molar-refractivity contribution is 5.93. The fraction of sp³-hybridized carbons (Fsp3) is 0.312. The molecular formula is C16H20N4O. The molecule has 5 nitrogen and oxygen atoms in total. The topological polar surface area (TPSA) is 58.1 Å². The first kappa shape index (κ1) is 15.0. The van der Waals surface area contributed by atoms with Gasteiger partial charge in [0.25, 0.3) is 5.91 Å². The number of hydrogen-bond donors (Lipinski definition) is 1. The lowest BCUT2D eigenvalue weighted by atomic mass is 10.1. The molecule has 0 aromatic carbocycles. The molecule has 0 aliphatic carbocycles. The van der Waals surface area contributed by atoms with Crippen LogP contribution in [0.1, 0.15) is 22.8 Å². The number of aromatic nitrogens is 2. The quantitative estimate of drug-likeness (QED) is 0.914. The van der Waals surface area contributed by atoms with Crippen LogP contribution in [-0.4, -0.2) is 40.9 Å². The maximum absolute atomic E-state index is 11.8. The van der Waals surface area contributed by atoms with Gasteiger partial charge in [-0.3, -0.25) is 9.78 Å². The average Bonchev–Trinajstić information content (AvgIpc) is 2.48. The van der Waals surface area contributed by atoms with Crippen LogP contribution in [0, 0.1) is 0 Å². The number of carbonyl (C=O) groups excluding carboxylic acids is 1. The Morgan fingerprint density at radius 2 is 2.10 bits per heavy atom. The van der Waals surface area contributed by atoms with Gasteiger partial charge in [0.05, 0.1) is 5.56 Å². The predicted molar refractivity (Wildman–Crippen MR) is 83.3 cm³/mol. The Bertz CT molecular complexity index is 581. The second-order valence-corrected chi connectivity index (χ2v) is 5.24. The molecule has 2 rings (SSSR count). The second kappa shape index (κ2) is 6.83. The molecule has 110 valence electrons. The lowest BCUT2D eigenvalue weighted by Crippen LogP contribution is -2.22. The minimum absolute atomic E-state index is 0.0440. The molecule has 2 aromatic heterocycles. The minimum atomic E-state index is -0.0440. The molecule has 1 N–H and O–H groups in total. The third kappa shape index (κ3) is 4.27. The summed E-state index contributed by atoms with van der Waals surface area (Å²) in [4.78, 5) is 21.7. The molecule has 0 spiro atoms. The summed E-state index contributed by atoms with van der Waals surface area (Å²) in [5, 5.41) is 3.32. The molecule has 0 aliphatic heterocycles. The summed E-state index contributed by atoms with van der Waals surface area (Å²) in [5.74, 6) is 0.721. The first-order valence-corrected chi connectivity index (χ1v) is 6.89. The number of hydrogen-bond acceptors (Lipinski definition) is 4. The highest BCUT2D eigenvalue weighted by atomic mass is 16.2. The number of pyridine rings is 2. The molecule has 5 heteroatoms. The zero-order chi connectivity index (χ0) is 15.2. The fourth-order valence-corrected chi connectivity index (χ4v) is 2.04. The summed E-state index contributed by atoms with van der Waals surface area (Å²) < 4.78 is 0. The van der Waals surface area contributed by atoms with Gasteiger partial charge in [0.2, 0.25) is 0 Å². The molecule has 1 atom stereocenters. The van der Waals surface area contributed by atoms with Crippen LogP contribution in [0.4, 0.5) is 5.82 Å². The van der Waals surface area contributed by atoms with Crippen LogP contribution in [0.15, 0.2) is 42.9 Å². The summed E-state index contributed by atoms with van der Waals surface area (Å²) >= 11 is 0. The highest BCUT2D eigenvalue weighted by Gasteiger charge is 2.09. The first-order valence-electron chi connectivity index (χ1n) is 6.89. The Kier molecular flexibility index (Phi) is 4.87. The zero-order valence-electron chi connectivity index (χ0n) is 12.6. The Morgan fingerprint density at radius 1 is 1.29 bits per heavy atom. The van der Waals surface area contributed by atoms with Crippen molar-refractivity contribution in [1.29, 1.82) is 0 Å². The maximum Gasteiger partial charge on any atom is 0.254 e. The predicted octanol–water partition coefficient (Wildman–Crippen LogP) is 2.22. The van der Waals surface area contributed by atoms with Crippen LogP contribution in [0.5, 0.6) is 0 Å². The van der Waals surface area contributed by atoms with Gasteiger partial charge in [0.1, 0.15) is 5.82 Å². The van der Waals surface area contributed by atoms with Crippen molar-refractivity contribution in [3.8, 4) is 0 Å². The maximum atomic E-state index is 11.8. The van der Waals surface area contributed by atoms with Crippen molar-refractivity contribution < 1.29 is 4.79 Å². The minimum Gasteiger partial charge on any atom is -0.367 e. The van der Waals surface area contributed by atoms with Crippen LogP contribution < -0.4 is 5.32 Å².